The molecule has 0 aromatic rings. The molecule has 0 atom stereocenters. The molecule has 0 bridgehead atoms. The maximum atomic E-state index is 10.2. The molecule has 1 saturated heterocycles. The van der Waals surface area contributed by atoms with Crippen LogP contribution in [0.1, 0.15) is 52.4 Å². The van der Waals surface area contributed by atoms with E-state index in [1.165, 1.54) is 12.8 Å². The molecule has 0 aromatic heterocycles. The van der Waals surface area contributed by atoms with Crippen molar-refractivity contribution in [3.05, 3.63) is 12.7 Å². The predicted octanol–water partition coefficient (Wildman–Crippen LogP) is 2.87. The quantitative estimate of drug-likeness (QED) is 0.724. The zero-order valence-corrected chi connectivity index (χ0v) is 10.9. The Morgan fingerprint density at radius 1 is 1.38 bits per heavy atom. The first-order chi connectivity index (χ1) is 7.68. The zero-order valence-electron chi connectivity index (χ0n) is 10.9. The predicted molar refractivity (Wildman–Crippen MR) is 69.5 cm³/mol. The van der Waals surface area contributed by atoms with E-state index < -0.39 is 0 Å². The molecule has 2 fully saturated rings. The minimum atomic E-state index is -0.368. The average molecular weight is 225 g/mol. The Morgan fingerprint density at radius 2 is 2.06 bits per heavy atom. The number of piperidine rings is 1. The van der Waals surface area contributed by atoms with Crippen LogP contribution in [0.25, 0.3) is 0 Å². The highest BCUT2D eigenvalue weighted by Gasteiger charge is 2.52. The number of allylic oxidation sites excluding steroid dienone is 1. The summed E-state index contributed by atoms with van der Waals surface area (Å²) in [6.45, 7) is 9.98. The Balaban J connectivity index is 0.000000606. The molecule has 0 amide bonds. The van der Waals surface area contributed by atoms with Gasteiger partial charge in [0.15, 0.2) is 0 Å². The van der Waals surface area contributed by atoms with E-state index in [1.54, 1.807) is 0 Å². The van der Waals surface area contributed by atoms with Gasteiger partial charge in [0.25, 0.3) is 0 Å². The summed E-state index contributed by atoms with van der Waals surface area (Å²) >= 11 is 0. The van der Waals surface area contributed by atoms with Gasteiger partial charge in [0.05, 0.1) is 5.60 Å². The standard InChI is InChI=1S/C12H21NO.C2H6/c1-2-3-6-12(14)8-11(9-12)5-4-7-13-10-11;1-2/h2,13-14H,1,3-10H2;1-2H3. The lowest BCUT2D eigenvalue weighted by Crippen LogP contribution is -2.57. The van der Waals surface area contributed by atoms with Crippen molar-refractivity contribution in [2.45, 2.75) is 58.0 Å². The fourth-order valence-electron chi connectivity index (χ4n) is 3.22. The summed E-state index contributed by atoms with van der Waals surface area (Å²) < 4.78 is 0. The topological polar surface area (TPSA) is 32.3 Å². The molecule has 1 saturated carbocycles. The van der Waals surface area contributed by atoms with Gasteiger partial charge in [-0.3, -0.25) is 0 Å². The lowest BCUT2D eigenvalue weighted by Gasteiger charge is -2.55. The minimum absolute atomic E-state index is 0.368. The summed E-state index contributed by atoms with van der Waals surface area (Å²) in [6.07, 6.45) is 8.33. The van der Waals surface area contributed by atoms with Crippen LogP contribution in [0.2, 0.25) is 0 Å². The number of nitrogens with one attached hydrogen (secondary N) is 1. The van der Waals surface area contributed by atoms with Crippen LogP contribution in [0.4, 0.5) is 0 Å². The summed E-state index contributed by atoms with van der Waals surface area (Å²) in [7, 11) is 0. The second-order valence-electron chi connectivity index (χ2n) is 5.19. The van der Waals surface area contributed by atoms with Crippen molar-refractivity contribution in [3.63, 3.8) is 0 Å². The molecule has 0 aromatic carbocycles. The maximum Gasteiger partial charge on any atom is 0.0662 e. The molecule has 2 heteroatoms. The molecule has 2 N–H and O–H groups in total. The van der Waals surface area contributed by atoms with E-state index in [9.17, 15) is 5.11 Å². The van der Waals surface area contributed by atoms with Crippen LogP contribution in [-0.2, 0) is 0 Å². The molecule has 1 aliphatic carbocycles. The summed E-state index contributed by atoms with van der Waals surface area (Å²) in [6, 6.07) is 0. The van der Waals surface area contributed by atoms with Crippen LogP contribution in [-0.4, -0.2) is 23.8 Å². The fourth-order valence-corrected chi connectivity index (χ4v) is 3.22. The number of hydrogen-bond donors (Lipinski definition) is 2. The van der Waals surface area contributed by atoms with Crippen molar-refractivity contribution >= 4 is 0 Å². The molecule has 1 heterocycles. The van der Waals surface area contributed by atoms with Crippen LogP contribution in [0.5, 0.6) is 0 Å². The van der Waals surface area contributed by atoms with E-state index in [-0.39, 0.29) is 5.60 Å². The Hall–Kier alpha value is -0.340. The lowest BCUT2D eigenvalue weighted by atomic mass is 9.55. The largest absolute Gasteiger partial charge is 0.390 e. The maximum absolute atomic E-state index is 10.2. The van der Waals surface area contributed by atoms with E-state index in [1.807, 2.05) is 19.9 Å². The number of hydrogen-bond acceptors (Lipinski definition) is 2. The van der Waals surface area contributed by atoms with Gasteiger partial charge in [-0.05, 0) is 50.5 Å². The molecular formula is C14H27NO. The first-order valence-electron chi connectivity index (χ1n) is 6.72. The normalized spacial score (nSPS) is 37.2. The third-order valence-corrected chi connectivity index (χ3v) is 3.78. The van der Waals surface area contributed by atoms with Crippen molar-refractivity contribution in [2.75, 3.05) is 13.1 Å². The average Bonchev–Trinajstić information content (AvgIpc) is 2.29. The van der Waals surface area contributed by atoms with Crippen LogP contribution >= 0.6 is 0 Å². The fraction of sp³-hybridized carbons (Fsp3) is 0.857. The van der Waals surface area contributed by atoms with E-state index >= 15 is 0 Å². The Labute approximate surface area is 100 Å². The summed E-state index contributed by atoms with van der Waals surface area (Å²) in [4.78, 5) is 0. The number of rotatable bonds is 3. The first kappa shape index (κ1) is 13.7. The SMILES string of the molecule is C=CCCC1(O)CC2(CCCNC2)C1.CC. The van der Waals surface area contributed by atoms with E-state index in [0.29, 0.717) is 5.41 Å². The summed E-state index contributed by atoms with van der Waals surface area (Å²) in [5.74, 6) is 0. The van der Waals surface area contributed by atoms with Gasteiger partial charge in [-0.15, -0.1) is 6.58 Å². The first-order valence-corrected chi connectivity index (χ1v) is 6.72. The monoisotopic (exact) mass is 225 g/mol. The second kappa shape index (κ2) is 5.83. The van der Waals surface area contributed by atoms with Gasteiger partial charge in [0.2, 0.25) is 0 Å². The Kier molecular flexibility index (Phi) is 5.00. The van der Waals surface area contributed by atoms with Gasteiger partial charge in [-0.1, -0.05) is 19.9 Å². The Morgan fingerprint density at radius 3 is 2.56 bits per heavy atom. The molecule has 0 radical (unpaired) electrons. The third kappa shape index (κ3) is 3.08. The molecule has 2 rings (SSSR count). The second-order valence-corrected chi connectivity index (χ2v) is 5.19. The van der Waals surface area contributed by atoms with Crippen LogP contribution in [0.3, 0.4) is 0 Å². The number of aliphatic hydroxyl groups is 1. The van der Waals surface area contributed by atoms with Gasteiger partial charge in [-0.25, -0.2) is 0 Å². The van der Waals surface area contributed by atoms with Gasteiger partial charge < -0.3 is 10.4 Å². The van der Waals surface area contributed by atoms with Crippen molar-refractivity contribution in [3.8, 4) is 0 Å². The zero-order chi connectivity index (χ0) is 12.1. The Bertz CT molecular complexity index is 211. The molecule has 0 unspecified atom stereocenters. The van der Waals surface area contributed by atoms with Crippen molar-refractivity contribution in [1.29, 1.82) is 0 Å². The summed E-state index contributed by atoms with van der Waals surface area (Å²) in [5, 5.41) is 13.6. The van der Waals surface area contributed by atoms with E-state index in [2.05, 4.69) is 11.9 Å². The van der Waals surface area contributed by atoms with Gasteiger partial charge >= 0.3 is 0 Å². The highest BCUT2D eigenvalue weighted by molar-refractivity contribution is 5.06. The molecular weight excluding hydrogens is 198 g/mol. The highest BCUT2D eigenvalue weighted by atomic mass is 16.3. The smallest absolute Gasteiger partial charge is 0.0662 e. The van der Waals surface area contributed by atoms with Crippen molar-refractivity contribution < 1.29 is 5.11 Å². The molecule has 16 heavy (non-hydrogen) atoms. The van der Waals surface area contributed by atoms with E-state index in [4.69, 9.17) is 0 Å². The van der Waals surface area contributed by atoms with Gasteiger partial charge in [-0.2, -0.15) is 0 Å². The molecule has 2 aliphatic rings. The molecule has 1 spiro atoms. The minimum Gasteiger partial charge on any atom is -0.390 e. The summed E-state index contributed by atoms with van der Waals surface area (Å²) in [5.41, 5.74) is 0.0708. The highest BCUT2D eigenvalue weighted by Crippen LogP contribution is 2.53. The van der Waals surface area contributed by atoms with Crippen LogP contribution in [0.15, 0.2) is 12.7 Å². The van der Waals surface area contributed by atoms with Crippen molar-refractivity contribution in [1.82, 2.24) is 5.32 Å². The lowest BCUT2D eigenvalue weighted by molar-refractivity contribution is -0.139. The van der Waals surface area contributed by atoms with Crippen LogP contribution < -0.4 is 5.32 Å². The molecule has 2 nitrogen and oxygen atoms in total. The van der Waals surface area contributed by atoms with Crippen LogP contribution in [0, 0.1) is 5.41 Å². The third-order valence-electron chi connectivity index (χ3n) is 3.78. The molecule has 94 valence electrons. The van der Waals surface area contributed by atoms with Gasteiger partial charge in [0.1, 0.15) is 0 Å². The van der Waals surface area contributed by atoms with Gasteiger partial charge in [0, 0.05) is 6.54 Å². The van der Waals surface area contributed by atoms with Crippen molar-refractivity contribution in [2.24, 2.45) is 5.41 Å². The molecule has 1 aliphatic heterocycles. The van der Waals surface area contributed by atoms with E-state index in [0.717, 1.165) is 38.8 Å².